The highest BCUT2D eigenvalue weighted by atomic mass is 16.3. The zero-order valence-corrected chi connectivity index (χ0v) is 14.3. The first-order valence-electron chi connectivity index (χ1n) is 8.20. The summed E-state index contributed by atoms with van der Waals surface area (Å²) in [6.07, 6.45) is 0. The lowest BCUT2D eigenvalue weighted by molar-refractivity contribution is 0.478. The number of fused-ring (bicyclic) bond motifs is 1. The molecule has 5 nitrogen and oxygen atoms in total. The summed E-state index contributed by atoms with van der Waals surface area (Å²) in [6, 6.07) is 16.6. The van der Waals surface area contributed by atoms with Gasteiger partial charge >= 0.3 is 0 Å². The highest BCUT2D eigenvalue weighted by molar-refractivity contribution is 6.05. The zero-order chi connectivity index (χ0) is 18.0. The highest BCUT2D eigenvalue weighted by Gasteiger charge is 2.19. The number of hydrogen-bond acceptors (Lipinski definition) is 4. The molecule has 0 aliphatic heterocycles. The van der Waals surface area contributed by atoms with E-state index >= 15 is 0 Å². The van der Waals surface area contributed by atoms with Crippen LogP contribution in [0.2, 0.25) is 0 Å². The minimum Gasteiger partial charge on any atom is -0.506 e. The number of aromatic hydroxyl groups is 1. The van der Waals surface area contributed by atoms with Crippen molar-refractivity contribution in [3.05, 3.63) is 70.5 Å². The third-order valence-electron chi connectivity index (χ3n) is 4.05. The first-order chi connectivity index (χ1) is 12.0. The van der Waals surface area contributed by atoms with E-state index in [0.29, 0.717) is 23.2 Å². The summed E-state index contributed by atoms with van der Waals surface area (Å²) < 4.78 is 1.61. The maximum Gasteiger partial charge on any atom is 0.268 e. The molecule has 0 spiro atoms. The van der Waals surface area contributed by atoms with Crippen LogP contribution in [0.4, 0.5) is 0 Å². The minimum absolute atomic E-state index is 0.0429. The Kier molecular flexibility index (Phi) is 4.67. The number of nitrogens with zero attached hydrogens (tertiary/aromatic N) is 2. The third kappa shape index (κ3) is 3.19. The van der Waals surface area contributed by atoms with Crippen molar-refractivity contribution in [1.82, 2.24) is 4.57 Å². The molecule has 5 heteroatoms. The van der Waals surface area contributed by atoms with Crippen LogP contribution in [0.5, 0.6) is 5.75 Å². The molecule has 0 saturated carbocycles. The van der Waals surface area contributed by atoms with Crippen LogP contribution in [0.25, 0.3) is 16.6 Å². The number of nitrogens with two attached hydrogens (primary N) is 1. The molecule has 0 saturated heterocycles. The number of aromatic nitrogens is 1. The number of aliphatic imine (C=N–C) groups is 1. The van der Waals surface area contributed by atoms with Gasteiger partial charge < -0.3 is 10.8 Å². The van der Waals surface area contributed by atoms with Gasteiger partial charge in [-0.15, -0.1) is 0 Å². The Morgan fingerprint density at radius 3 is 2.48 bits per heavy atom. The van der Waals surface area contributed by atoms with Crippen LogP contribution in [0.3, 0.4) is 0 Å². The fourth-order valence-corrected chi connectivity index (χ4v) is 2.85. The highest BCUT2D eigenvalue weighted by Crippen LogP contribution is 2.28. The van der Waals surface area contributed by atoms with Crippen molar-refractivity contribution in [2.24, 2.45) is 10.7 Å². The van der Waals surface area contributed by atoms with Crippen LogP contribution in [-0.2, 0) is 0 Å². The largest absolute Gasteiger partial charge is 0.506 e. The molecule has 1 heterocycles. The smallest absolute Gasteiger partial charge is 0.268 e. The van der Waals surface area contributed by atoms with Crippen molar-refractivity contribution in [3.63, 3.8) is 0 Å². The second-order valence-electron chi connectivity index (χ2n) is 6.12. The molecule has 3 aromatic rings. The summed E-state index contributed by atoms with van der Waals surface area (Å²) in [5.74, 6) is -0.0429. The normalized spacial score (nSPS) is 13.2. The number of hydrogen-bond donors (Lipinski definition) is 2. The van der Waals surface area contributed by atoms with Gasteiger partial charge in [-0.05, 0) is 38.1 Å². The first kappa shape index (κ1) is 16.9. The lowest BCUT2D eigenvalue weighted by Gasteiger charge is -2.15. The molecule has 128 valence electrons. The third-order valence-corrected chi connectivity index (χ3v) is 4.05. The quantitative estimate of drug-likeness (QED) is 0.719. The molecule has 1 aromatic heterocycles. The summed E-state index contributed by atoms with van der Waals surface area (Å²) in [5.41, 5.74) is 7.54. The van der Waals surface area contributed by atoms with Gasteiger partial charge in [-0.2, -0.15) is 0 Å². The van der Waals surface area contributed by atoms with Gasteiger partial charge in [0.25, 0.3) is 5.56 Å². The number of rotatable bonds is 4. The van der Waals surface area contributed by atoms with Crippen molar-refractivity contribution in [3.8, 4) is 11.4 Å². The molecule has 0 fully saturated rings. The average molecular weight is 335 g/mol. The SMILES string of the molecule is CC(=NC[C@@H](C)N)c1c(O)c2ccccc2n(-c2ccccc2)c1=O. The Balaban J connectivity index is 2.36. The van der Waals surface area contributed by atoms with Crippen LogP contribution in [-0.4, -0.2) is 28.0 Å². The molecule has 0 aliphatic carbocycles. The van der Waals surface area contributed by atoms with E-state index in [2.05, 4.69) is 4.99 Å². The molecule has 3 rings (SSSR count). The van der Waals surface area contributed by atoms with Gasteiger partial charge in [-0.25, -0.2) is 0 Å². The van der Waals surface area contributed by atoms with E-state index in [4.69, 9.17) is 5.73 Å². The summed E-state index contributed by atoms with van der Waals surface area (Å²) >= 11 is 0. The molecule has 0 bridgehead atoms. The predicted molar refractivity (Wildman–Crippen MR) is 102 cm³/mol. The van der Waals surface area contributed by atoms with Gasteiger partial charge in [0.05, 0.1) is 12.1 Å². The van der Waals surface area contributed by atoms with Crippen LogP contribution in [0.15, 0.2) is 64.4 Å². The standard InChI is InChI=1S/C20H21N3O2/c1-13(21)12-22-14(2)18-19(24)16-10-6-7-11-17(16)23(20(18)25)15-8-4-3-5-9-15/h3-11,13,24H,12,21H2,1-2H3/t13-/m1/s1. The molecule has 25 heavy (non-hydrogen) atoms. The lowest BCUT2D eigenvalue weighted by Crippen LogP contribution is -2.26. The second-order valence-corrected chi connectivity index (χ2v) is 6.12. The van der Waals surface area contributed by atoms with Crippen molar-refractivity contribution in [2.75, 3.05) is 6.54 Å². The summed E-state index contributed by atoms with van der Waals surface area (Å²) in [5, 5.41) is 11.3. The Hall–Kier alpha value is -2.92. The molecule has 0 radical (unpaired) electrons. The monoisotopic (exact) mass is 335 g/mol. The second kappa shape index (κ2) is 6.91. The van der Waals surface area contributed by atoms with E-state index < -0.39 is 0 Å². The Morgan fingerprint density at radius 2 is 1.80 bits per heavy atom. The van der Waals surface area contributed by atoms with E-state index in [9.17, 15) is 9.90 Å². The summed E-state index contributed by atoms with van der Waals surface area (Å²) in [4.78, 5) is 17.6. The van der Waals surface area contributed by atoms with Crippen molar-refractivity contribution in [1.29, 1.82) is 0 Å². The molecular weight excluding hydrogens is 314 g/mol. The molecule has 0 unspecified atom stereocenters. The first-order valence-corrected chi connectivity index (χ1v) is 8.20. The molecular formula is C20H21N3O2. The molecule has 1 atom stereocenters. The lowest BCUT2D eigenvalue weighted by atomic mass is 10.1. The van der Waals surface area contributed by atoms with E-state index in [1.165, 1.54) is 0 Å². The van der Waals surface area contributed by atoms with Crippen molar-refractivity contribution < 1.29 is 5.11 Å². The minimum atomic E-state index is -0.298. The van der Waals surface area contributed by atoms with Gasteiger partial charge in [-0.1, -0.05) is 30.3 Å². The molecule has 2 aromatic carbocycles. The van der Waals surface area contributed by atoms with Crippen LogP contribution in [0.1, 0.15) is 19.4 Å². The van der Waals surface area contributed by atoms with Crippen LogP contribution >= 0.6 is 0 Å². The van der Waals surface area contributed by atoms with E-state index in [0.717, 1.165) is 5.69 Å². The molecule has 0 aliphatic rings. The Morgan fingerprint density at radius 1 is 1.16 bits per heavy atom. The van der Waals surface area contributed by atoms with E-state index in [1.807, 2.05) is 55.5 Å². The van der Waals surface area contributed by atoms with Crippen molar-refractivity contribution in [2.45, 2.75) is 19.9 Å². The predicted octanol–water partition coefficient (Wildman–Crippen LogP) is 2.85. The zero-order valence-electron chi connectivity index (χ0n) is 14.3. The Bertz CT molecular complexity index is 989. The number of benzene rings is 2. The van der Waals surface area contributed by atoms with Gasteiger partial charge in [0.1, 0.15) is 11.3 Å². The van der Waals surface area contributed by atoms with Crippen LogP contribution in [0, 0.1) is 0 Å². The topological polar surface area (TPSA) is 80.6 Å². The van der Waals surface area contributed by atoms with Crippen molar-refractivity contribution >= 4 is 16.6 Å². The van der Waals surface area contributed by atoms with Crippen LogP contribution < -0.4 is 11.3 Å². The van der Waals surface area contributed by atoms with E-state index in [1.54, 1.807) is 17.6 Å². The van der Waals surface area contributed by atoms with Gasteiger partial charge in [0.2, 0.25) is 0 Å². The fraction of sp³-hybridized carbons (Fsp3) is 0.200. The maximum atomic E-state index is 13.2. The summed E-state index contributed by atoms with van der Waals surface area (Å²) in [7, 11) is 0. The number of para-hydroxylation sites is 2. The van der Waals surface area contributed by atoms with Gasteiger partial charge in [-0.3, -0.25) is 14.4 Å². The molecule has 3 N–H and O–H groups in total. The van der Waals surface area contributed by atoms with Gasteiger partial charge in [0.15, 0.2) is 0 Å². The molecule has 0 amide bonds. The summed E-state index contributed by atoms with van der Waals surface area (Å²) in [6.45, 7) is 3.96. The number of pyridine rings is 1. The van der Waals surface area contributed by atoms with Gasteiger partial charge in [0, 0.05) is 22.8 Å². The average Bonchev–Trinajstić information content (AvgIpc) is 2.61. The maximum absolute atomic E-state index is 13.2. The Labute approximate surface area is 146 Å². The fourth-order valence-electron chi connectivity index (χ4n) is 2.85. The van der Waals surface area contributed by atoms with E-state index in [-0.39, 0.29) is 22.9 Å².